The van der Waals surface area contributed by atoms with Gasteiger partial charge < -0.3 is 11.1 Å². The standard InChI is InChI=1S/C15H19N3/c1-2-10-17-14(12-7-4-3-5-8-12)13-9-6-11-18-15(13)16/h3-9,11,14,17H,2,10H2,1H3,(H2,16,18). The summed E-state index contributed by atoms with van der Waals surface area (Å²) in [6.07, 6.45) is 2.81. The molecule has 1 aromatic carbocycles. The van der Waals surface area contributed by atoms with E-state index in [0.717, 1.165) is 18.5 Å². The number of rotatable bonds is 5. The van der Waals surface area contributed by atoms with Crippen LogP contribution in [0.1, 0.15) is 30.5 Å². The van der Waals surface area contributed by atoms with Crippen LogP contribution in [0.25, 0.3) is 0 Å². The number of nitrogens with one attached hydrogen (secondary N) is 1. The Morgan fingerprint density at radius 2 is 1.94 bits per heavy atom. The monoisotopic (exact) mass is 241 g/mol. The molecule has 3 N–H and O–H groups in total. The third kappa shape index (κ3) is 2.87. The molecule has 1 unspecified atom stereocenters. The van der Waals surface area contributed by atoms with Gasteiger partial charge in [0.2, 0.25) is 0 Å². The number of benzene rings is 1. The van der Waals surface area contributed by atoms with Gasteiger partial charge in [0, 0.05) is 11.8 Å². The molecule has 0 aliphatic carbocycles. The van der Waals surface area contributed by atoms with Gasteiger partial charge in [-0.15, -0.1) is 0 Å². The minimum Gasteiger partial charge on any atom is -0.383 e. The maximum atomic E-state index is 5.98. The lowest BCUT2D eigenvalue weighted by Gasteiger charge is -2.20. The van der Waals surface area contributed by atoms with Crippen molar-refractivity contribution in [3.63, 3.8) is 0 Å². The van der Waals surface area contributed by atoms with Crippen molar-refractivity contribution in [2.75, 3.05) is 12.3 Å². The summed E-state index contributed by atoms with van der Waals surface area (Å²) in [5.74, 6) is 0.593. The maximum Gasteiger partial charge on any atom is 0.128 e. The van der Waals surface area contributed by atoms with Gasteiger partial charge in [0.25, 0.3) is 0 Å². The van der Waals surface area contributed by atoms with Crippen LogP contribution in [0.3, 0.4) is 0 Å². The highest BCUT2D eigenvalue weighted by molar-refractivity contribution is 5.45. The molecule has 0 amide bonds. The van der Waals surface area contributed by atoms with Gasteiger partial charge in [-0.25, -0.2) is 4.98 Å². The molecule has 1 heterocycles. The number of nitrogen functional groups attached to an aromatic ring is 1. The van der Waals surface area contributed by atoms with Gasteiger partial charge in [-0.1, -0.05) is 43.3 Å². The van der Waals surface area contributed by atoms with E-state index in [0.29, 0.717) is 5.82 Å². The van der Waals surface area contributed by atoms with Gasteiger partial charge in [0.05, 0.1) is 6.04 Å². The van der Waals surface area contributed by atoms with Crippen LogP contribution in [0.5, 0.6) is 0 Å². The van der Waals surface area contributed by atoms with E-state index in [9.17, 15) is 0 Å². The molecule has 0 spiro atoms. The van der Waals surface area contributed by atoms with E-state index in [1.54, 1.807) is 6.20 Å². The quantitative estimate of drug-likeness (QED) is 0.846. The van der Waals surface area contributed by atoms with E-state index in [4.69, 9.17) is 5.73 Å². The van der Waals surface area contributed by atoms with Gasteiger partial charge in [-0.05, 0) is 24.6 Å². The Bertz CT molecular complexity index is 482. The predicted octanol–water partition coefficient (Wildman–Crippen LogP) is 2.75. The summed E-state index contributed by atoms with van der Waals surface area (Å²) in [5, 5.41) is 3.52. The van der Waals surface area contributed by atoms with Crippen molar-refractivity contribution in [2.45, 2.75) is 19.4 Å². The first-order chi connectivity index (χ1) is 8.83. The van der Waals surface area contributed by atoms with Crippen LogP contribution in [0.2, 0.25) is 0 Å². The lowest BCUT2D eigenvalue weighted by molar-refractivity contribution is 0.598. The average molecular weight is 241 g/mol. The molecule has 94 valence electrons. The van der Waals surface area contributed by atoms with Crippen LogP contribution >= 0.6 is 0 Å². The molecule has 18 heavy (non-hydrogen) atoms. The topological polar surface area (TPSA) is 50.9 Å². The number of pyridine rings is 1. The van der Waals surface area contributed by atoms with Crippen LogP contribution in [-0.4, -0.2) is 11.5 Å². The molecule has 3 heteroatoms. The highest BCUT2D eigenvalue weighted by Crippen LogP contribution is 2.25. The lowest BCUT2D eigenvalue weighted by atomic mass is 9.99. The zero-order valence-corrected chi connectivity index (χ0v) is 10.6. The highest BCUT2D eigenvalue weighted by atomic mass is 14.9. The van der Waals surface area contributed by atoms with E-state index >= 15 is 0 Å². The van der Waals surface area contributed by atoms with Gasteiger partial charge in [0.15, 0.2) is 0 Å². The van der Waals surface area contributed by atoms with Crippen molar-refractivity contribution in [3.05, 3.63) is 59.8 Å². The molecule has 0 saturated carbocycles. The second-order valence-electron chi connectivity index (χ2n) is 4.28. The number of hydrogen-bond donors (Lipinski definition) is 2. The Hall–Kier alpha value is -1.87. The fourth-order valence-electron chi connectivity index (χ4n) is 2.02. The summed E-state index contributed by atoms with van der Waals surface area (Å²) in [5.41, 5.74) is 8.23. The summed E-state index contributed by atoms with van der Waals surface area (Å²) in [4.78, 5) is 4.17. The van der Waals surface area contributed by atoms with E-state index in [2.05, 4.69) is 29.4 Å². The molecule has 0 saturated heterocycles. The van der Waals surface area contributed by atoms with Crippen LogP contribution in [0.4, 0.5) is 5.82 Å². The highest BCUT2D eigenvalue weighted by Gasteiger charge is 2.15. The Morgan fingerprint density at radius 1 is 1.17 bits per heavy atom. The first-order valence-corrected chi connectivity index (χ1v) is 6.31. The molecule has 0 radical (unpaired) electrons. The van der Waals surface area contributed by atoms with Crippen LogP contribution < -0.4 is 11.1 Å². The Labute approximate surface area is 108 Å². The summed E-state index contributed by atoms with van der Waals surface area (Å²) in [6, 6.07) is 14.4. The van der Waals surface area contributed by atoms with Crippen LogP contribution in [0, 0.1) is 0 Å². The largest absolute Gasteiger partial charge is 0.383 e. The first-order valence-electron chi connectivity index (χ1n) is 6.31. The van der Waals surface area contributed by atoms with Crippen molar-refractivity contribution in [1.29, 1.82) is 0 Å². The molecule has 1 atom stereocenters. The molecule has 2 rings (SSSR count). The summed E-state index contributed by atoms with van der Waals surface area (Å²) < 4.78 is 0. The van der Waals surface area contributed by atoms with Gasteiger partial charge in [-0.3, -0.25) is 0 Å². The second kappa shape index (κ2) is 6.17. The van der Waals surface area contributed by atoms with Crippen molar-refractivity contribution in [3.8, 4) is 0 Å². The fourth-order valence-corrected chi connectivity index (χ4v) is 2.02. The number of hydrogen-bond acceptors (Lipinski definition) is 3. The van der Waals surface area contributed by atoms with Crippen molar-refractivity contribution in [1.82, 2.24) is 10.3 Å². The van der Waals surface area contributed by atoms with Crippen LogP contribution in [-0.2, 0) is 0 Å². The van der Waals surface area contributed by atoms with Crippen molar-refractivity contribution >= 4 is 5.82 Å². The Kier molecular flexibility index (Phi) is 4.31. The minimum absolute atomic E-state index is 0.111. The molecule has 1 aromatic heterocycles. The third-order valence-corrected chi connectivity index (χ3v) is 2.91. The smallest absolute Gasteiger partial charge is 0.128 e. The SMILES string of the molecule is CCCNC(c1ccccc1)c1cccnc1N. The van der Waals surface area contributed by atoms with Gasteiger partial charge in [0.1, 0.15) is 5.82 Å². The zero-order valence-electron chi connectivity index (χ0n) is 10.6. The molecule has 2 aromatic rings. The van der Waals surface area contributed by atoms with E-state index < -0.39 is 0 Å². The first kappa shape index (κ1) is 12.6. The molecule has 0 bridgehead atoms. The average Bonchev–Trinajstić information content (AvgIpc) is 2.42. The fraction of sp³-hybridized carbons (Fsp3) is 0.267. The number of nitrogens with zero attached hydrogens (tertiary/aromatic N) is 1. The predicted molar refractivity (Wildman–Crippen MR) is 75.2 cm³/mol. The van der Waals surface area contributed by atoms with Gasteiger partial charge in [-0.2, -0.15) is 0 Å². The molecule has 0 fully saturated rings. The summed E-state index contributed by atoms with van der Waals surface area (Å²) in [6.45, 7) is 3.11. The number of nitrogens with two attached hydrogens (primary N) is 1. The van der Waals surface area contributed by atoms with Gasteiger partial charge >= 0.3 is 0 Å². The Balaban J connectivity index is 2.34. The lowest BCUT2D eigenvalue weighted by Crippen LogP contribution is -2.24. The molecule has 0 aliphatic rings. The van der Waals surface area contributed by atoms with E-state index in [1.807, 2.05) is 30.3 Å². The number of anilines is 1. The third-order valence-electron chi connectivity index (χ3n) is 2.91. The minimum atomic E-state index is 0.111. The normalized spacial score (nSPS) is 12.3. The van der Waals surface area contributed by atoms with E-state index in [1.165, 1.54) is 5.56 Å². The zero-order chi connectivity index (χ0) is 12.8. The second-order valence-corrected chi connectivity index (χ2v) is 4.28. The molecular formula is C15H19N3. The molecular weight excluding hydrogens is 222 g/mol. The summed E-state index contributed by atoms with van der Waals surface area (Å²) in [7, 11) is 0. The Morgan fingerprint density at radius 3 is 2.61 bits per heavy atom. The van der Waals surface area contributed by atoms with E-state index in [-0.39, 0.29) is 6.04 Å². The van der Waals surface area contributed by atoms with Crippen molar-refractivity contribution in [2.24, 2.45) is 0 Å². The summed E-state index contributed by atoms with van der Waals surface area (Å²) >= 11 is 0. The van der Waals surface area contributed by atoms with Crippen molar-refractivity contribution < 1.29 is 0 Å². The van der Waals surface area contributed by atoms with Crippen LogP contribution in [0.15, 0.2) is 48.7 Å². The maximum absolute atomic E-state index is 5.98. The number of aromatic nitrogens is 1. The molecule has 0 aliphatic heterocycles. The molecule has 3 nitrogen and oxygen atoms in total.